The standard InChI is InChI=1S/C21H21ClN2O5/c1-10-3-6-14(22)8-15(10)23-16(25)9-29-21(28)11(2)24-19(26)17-12-4-5-13(7-12)18(17)20(24)27/h3-6,8,11-13,17-18H,7,9H2,1-2H3,(H,23,25)/t11-,12-,13-,17-,18-/m0/s1. The second-order valence-electron chi connectivity index (χ2n) is 7.84. The van der Waals surface area contributed by atoms with Gasteiger partial charge in [-0.05, 0) is 49.8 Å². The summed E-state index contributed by atoms with van der Waals surface area (Å²) in [6, 6.07) is 3.99. The number of hydrogen-bond donors (Lipinski definition) is 1. The average Bonchev–Trinajstić information content (AvgIpc) is 3.36. The molecule has 2 bridgehead atoms. The second kappa shape index (κ2) is 7.30. The maximum absolute atomic E-state index is 12.8. The van der Waals surface area contributed by atoms with Crippen LogP contribution in [0.5, 0.6) is 0 Å². The Morgan fingerprint density at radius 3 is 2.45 bits per heavy atom. The Balaban J connectivity index is 1.35. The molecule has 3 aliphatic rings. The van der Waals surface area contributed by atoms with Gasteiger partial charge in [-0.2, -0.15) is 0 Å². The third-order valence-electron chi connectivity index (χ3n) is 6.05. The Labute approximate surface area is 173 Å². The highest BCUT2D eigenvalue weighted by Crippen LogP contribution is 2.52. The zero-order valence-corrected chi connectivity index (χ0v) is 16.8. The molecule has 152 valence electrons. The molecule has 0 spiro atoms. The van der Waals surface area contributed by atoms with Gasteiger partial charge in [0.25, 0.3) is 5.91 Å². The smallest absolute Gasteiger partial charge is 0.329 e. The summed E-state index contributed by atoms with van der Waals surface area (Å²) in [5, 5.41) is 3.10. The first-order valence-corrected chi connectivity index (χ1v) is 9.93. The Hall–Kier alpha value is -2.67. The summed E-state index contributed by atoms with van der Waals surface area (Å²) in [6.07, 6.45) is 4.81. The lowest BCUT2D eigenvalue weighted by molar-refractivity contribution is -0.159. The molecule has 1 aromatic carbocycles. The first kappa shape index (κ1) is 19.6. The maximum atomic E-state index is 12.8. The Morgan fingerprint density at radius 2 is 1.83 bits per heavy atom. The lowest BCUT2D eigenvalue weighted by atomic mass is 9.85. The topological polar surface area (TPSA) is 92.8 Å². The minimum absolute atomic E-state index is 0.0707. The molecule has 4 rings (SSSR count). The number of allylic oxidation sites excluding steroid dienone is 2. The number of hydrogen-bond acceptors (Lipinski definition) is 5. The lowest BCUT2D eigenvalue weighted by Gasteiger charge is -2.23. The molecule has 0 aromatic heterocycles. The molecule has 2 aliphatic carbocycles. The predicted molar refractivity (Wildman–Crippen MR) is 105 cm³/mol. The van der Waals surface area contributed by atoms with Crippen molar-refractivity contribution in [3.05, 3.63) is 40.9 Å². The van der Waals surface area contributed by atoms with E-state index in [1.165, 1.54) is 6.92 Å². The number of carbonyl (C=O) groups excluding carboxylic acids is 4. The van der Waals surface area contributed by atoms with Crippen molar-refractivity contribution in [2.24, 2.45) is 23.7 Å². The Bertz CT molecular complexity index is 913. The molecule has 1 saturated carbocycles. The van der Waals surface area contributed by atoms with E-state index in [0.29, 0.717) is 10.7 Å². The Kier molecular flexibility index (Phi) is 4.94. The van der Waals surface area contributed by atoms with Crippen molar-refractivity contribution in [2.45, 2.75) is 26.3 Å². The molecule has 1 heterocycles. The highest BCUT2D eigenvalue weighted by molar-refractivity contribution is 6.31. The fourth-order valence-corrected chi connectivity index (χ4v) is 4.76. The van der Waals surface area contributed by atoms with Gasteiger partial charge < -0.3 is 10.1 Å². The van der Waals surface area contributed by atoms with Crippen molar-refractivity contribution in [3.63, 3.8) is 0 Å². The number of benzene rings is 1. The monoisotopic (exact) mass is 416 g/mol. The fourth-order valence-electron chi connectivity index (χ4n) is 4.58. The minimum Gasteiger partial charge on any atom is -0.454 e. The van der Waals surface area contributed by atoms with Crippen LogP contribution in [-0.2, 0) is 23.9 Å². The molecule has 0 radical (unpaired) electrons. The highest BCUT2D eigenvalue weighted by atomic mass is 35.5. The van der Waals surface area contributed by atoms with E-state index in [0.717, 1.165) is 16.9 Å². The van der Waals surface area contributed by atoms with Gasteiger partial charge in [-0.1, -0.05) is 29.8 Å². The molecular formula is C21H21ClN2O5. The number of aryl methyl sites for hydroxylation is 1. The normalized spacial score (nSPS) is 27.9. The largest absolute Gasteiger partial charge is 0.454 e. The zero-order chi connectivity index (χ0) is 20.9. The van der Waals surface area contributed by atoms with Crippen LogP contribution in [0.4, 0.5) is 5.69 Å². The number of likely N-dealkylation sites (tertiary alicyclic amines) is 1. The van der Waals surface area contributed by atoms with E-state index >= 15 is 0 Å². The van der Waals surface area contributed by atoms with E-state index in [2.05, 4.69) is 5.32 Å². The molecule has 7 nitrogen and oxygen atoms in total. The molecule has 5 atom stereocenters. The van der Waals surface area contributed by atoms with E-state index in [1.54, 1.807) is 18.2 Å². The van der Waals surface area contributed by atoms with Gasteiger partial charge in [0.05, 0.1) is 11.8 Å². The lowest BCUT2D eigenvalue weighted by Crippen LogP contribution is -2.45. The van der Waals surface area contributed by atoms with Crippen molar-refractivity contribution < 1.29 is 23.9 Å². The summed E-state index contributed by atoms with van der Waals surface area (Å²) in [4.78, 5) is 51.1. The van der Waals surface area contributed by atoms with Crippen molar-refractivity contribution in [3.8, 4) is 0 Å². The van der Waals surface area contributed by atoms with Gasteiger partial charge in [0, 0.05) is 10.7 Å². The van der Waals surface area contributed by atoms with Crippen LogP contribution in [0.3, 0.4) is 0 Å². The summed E-state index contributed by atoms with van der Waals surface area (Å²) in [5.41, 5.74) is 1.33. The molecule has 1 aliphatic heterocycles. The fraction of sp³-hybridized carbons (Fsp3) is 0.429. The van der Waals surface area contributed by atoms with E-state index in [-0.39, 0.29) is 35.5 Å². The number of amides is 3. The summed E-state index contributed by atoms with van der Waals surface area (Å²) >= 11 is 5.92. The number of rotatable bonds is 5. The molecule has 2 fully saturated rings. The van der Waals surface area contributed by atoms with Crippen LogP contribution in [0, 0.1) is 30.6 Å². The zero-order valence-electron chi connectivity index (χ0n) is 16.1. The van der Waals surface area contributed by atoms with Crippen molar-refractivity contribution in [1.29, 1.82) is 0 Å². The van der Waals surface area contributed by atoms with Crippen LogP contribution in [-0.4, -0.2) is 41.2 Å². The number of nitrogens with zero attached hydrogens (tertiary/aromatic N) is 1. The summed E-state index contributed by atoms with van der Waals surface area (Å²) in [5.74, 6) is -2.56. The van der Waals surface area contributed by atoms with Crippen molar-refractivity contribution in [2.75, 3.05) is 11.9 Å². The molecule has 1 aromatic rings. The number of nitrogens with one attached hydrogen (secondary N) is 1. The summed E-state index contributed by atoms with van der Waals surface area (Å²) < 4.78 is 5.06. The number of fused-ring (bicyclic) bond motifs is 5. The van der Waals surface area contributed by atoms with Crippen LogP contribution < -0.4 is 5.32 Å². The van der Waals surface area contributed by atoms with Gasteiger partial charge in [-0.15, -0.1) is 0 Å². The van der Waals surface area contributed by atoms with E-state index in [1.807, 2.05) is 19.1 Å². The predicted octanol–water partition coefficient (Wildman–Crippen LogP) is 2.33. The second-order valence-corrected chi connectivity index (χ2v) is 8.27. The average molecular weight is 417 g/mol. The molecule has 3 amide bonds. The third kappa shape index (κ3) is 3.33. The number of ether oxygens (including phenoxy) is 1. The number of halogens is 1. The van der Waals surface area contributed by atoms with E-state index in [9.17, 15) is 19.2 Å². The first-order valence-electron chi connectivity index (χ1n) is 9.56. The minimum atomic E-state index is -1.07. The van der Waals surface area contributed by atoms with Crippen LogP contribution in [0.15, 0.2) is 30.4 Å². The highest BCUT2D eigenvalue weighted by Gasteiger charge is 2.60. The maximum Gasteiger partial charge on any atom is 0.329 e. The van der Waals surface area contributed by atoms with Crippen LogP contribution in [0.2, 0.25) is 5.02 Å². The molecule has 1 N–H and O–H groups in total. The van der Waals surface area contributed by atoms with Gasteiger partial charge >= 0.3 is 5.97 Å². The van der Waals surface area contributed by atoms with E-state index in [4.69, 9.17) is 16.3 Å². The molecule has 0 unspecified atom stereocenters. The summed E-state index contributed by atoms with van der Waals surface area (Å²) in [6.45, 7) is 2.74. The first-order chi connectivity index (χ1) is 13.8. The molecule has 29 heavy (non-hydrogen) atoms. The SMILES string of the molecule is Cc1ccc(Cl)cc1NC(=O)COC(=O)[C@H](C)N1C(=O)[C@@H]2[C@@H](C1=O)[C@H]1C=C[C@H]2C1. The quantitative estimate of drug-likeness (QED) is 0.451. The number of esters is 1. The van der Waals surface area contributed by atoms with Gasteiger partial charge in [-0.25, -0.2) is 4.79 Å². The molecule has 1 saturated heterocycles. The number of carbonyl (C=O) groups is 4. The van der Waals surface area contributed by atoms with Gasteiger partial charge in [-0.3, -0.25) is 19.3 Å². The van der Waals surface area contributed by atoms with Crippen LogP contribution >= 0.6 is 11.6 Å². The van der Waals surface area contributed by atoms with E-state index < -0.39 is 24.5 Å². The van der Waals surface area contributed by atoms with Gasteiger partial charge in [0.15, 0.2) is 6.61 Å². The van der Waals surface area contributed by atoms with Crippen molar-refractivity contribution in [1.82, 2.24) is 4.90 Å². The molecular weight excluding hydrogens is 396 g/mol. The Morgan fingerprint density at radius 1 is 1.21 bits per heavy atom. The number of anilines is 1. The van der Waals surface area contributed by atoms with Crippen molar-refractivity contribution >= 4 is 41.0 Å². The summed E-state index contributed by atoms with van der Waals surface area (Å²) in [7, 11) is 0. The van der Waals surface area contributed by atoms with Crippen LogP contribution in [0.25, 0.3) is 0 Å². The third-order valence-corrected chi connectivity index (χ3v) is 6.29. The van der Waals surface area contributed by atoms with Gasteiger partial charge in [0.1, 0.15) is 6.04 Å². The number of imide groups is 1. The molecule has 8 heteroatoms. The van der Waals surface area contributed by atoms with Crippen LogP contribution in [0.1, 0.15) is 18.9 Å². The van der Waals surface area contributed by atoms with Gasteiger partial charge in [0.2, 0.25) is 11.8 Å².